The Kier molecular flexibility index (Phi) is 5.12. The summed E-state index contributed by atoms with van der Waals surface area (Å²) in [4.78, 5) is 24.4. The van der Waals surface area contributed by atoms with Crippen molar-refractivity contribution in [2.45, 2.75) is 81.9 Å². The van der Waals surface area contributed by atoms with Gasteiger partial charge in [-0.3, -0.25) is 4.79 Å². The van der Waals surface area contributed by atoms with E-state index < -0.39 is 38.1 Å². The third-order valence-electron chi connectivity index (χ3n) is 6.70. The zero-order valence-electron chi connectivity index (χ0n) is 18.3. The van der Waals surface area contributed by atoms with Gasteiger partial charge in [0.1, 0.15) is 31.0 Å². The minimum absolute atomic E-state index is 0.0206. The molecule has 1 saturated carbocycles. The highest BCUT2D eigenvalue weighted by atomic mass is 28.4. The largest absolute Gasteiger partial charge is 0.459 e. The summed E-state index contributed by atoms with van der Waals surface area (Å²) in [6, 6.07) is 8.78. The smallest absolute Gasteiger partial charge is 0.338 e. The van der Waals surface area contributed by atoms with Gasteiger partial charge in [-0.1, -0.05) is 39.0 Å². The fraction of sp³-hybridized carbons (Fsp3) is 0.636. The number of fused-ring (bicyclic) bond motifs is 3. The molecular formula is C22H30O7Si. The Morgan fingerprint density at radius 1 is 1.13 bits per heavy atom. The molecule has 3 fully saturated rings. The summed E-state index contributed by atoms with van der Waals surface area (Å²) in [5, 5.41) is -0.0215. The Labute approximate surface area is 178 Å². The van der Waals surface area contributed by atoms with Crippen LogP contribution in [0.1, 0.15) is 38.1 Å². The molecule has 4 rings (SSSR count). The second kappa shape index (κ2) is 7.15. The predicted molar refractivity (Wildman–Crippen MR) is 111 cm³/mol. The van der Waals surface area contributed by atoms with Gasteiger partial charge in [-0.2, -0.15) is 0 Å². The molecule has 1 aromatic carbocycles. The topological polar surface area (TPSA) is 86.9 Å². The second-order valence-corrected chi connectivity index (χ2v) is 14.6. The lowest BCUT2D eigenvalue weighted by molar-refractivity contribution is -0.160. The molecule has 0 amide bonds. The minimum atomic E-state index is -2.18. The third kappa shape index (κ3) is 3.70. The predicted octanol–water partition coefficient (Wildman–Crippen LogP) is 3.08. The molecule has 0 unspecified atom stereocenters. The molecule has 30 heavy (non-hydrogen) atoms. The van der Waals surface area contributed by atoms with Crippen LogP contribution >= 0.6 is 0 Å². The maximum absolute atomic E-state index is 12.5. The molecule has 2 saturated heterocycles. The van der Waals surface area contributed by atoms with E-state index in [9.17, 15) is 9.59 Å². The molecule has 2 aliphatic heterocycles. The van der Waals surface area contributed by atoms with Crippen LogP contribution in [-0.2, 0) is 28.2 Å². The molecule has 7 nitrogen and oxygen atoms in total. The van der Waals surface area contributed by atoms with Gasteiger partial charge in [-0.15, -0.1) is 0 Å². The highest BCUT2D eigenvalue weighted by molar-refractivity contribution is 6.74. The number of hydrogen-bond acceptors (Lipinski definition) is 7. The van der Waals surface area contributed by atoms with Crippen molar-refractivity contribution >= 4 is 20.3 Å². The molecule has 0 aromatic heterocycles. The van der Waals surface area contributed by atoms with Crippen molar-refractivity contribution in [3.63, 3.8) is 0 Å². The van der Waals surface area contributed by atoms with E-state index in [0.717, 1.165) is 0 Å². The molecule has 6 atom stereocenters. The van der Waals surface area contributed by atoms with Crippen molar-refractivity contribution in [3.8, 4) is 0 Å². The molecule has 1 aliphatic carbocycles. The Bertz CT molecular complexity index is 834. The van der Waals surface area contributed by atoms with Crippen LogP contribution in [-0.4, -0.2) is 63.0 Å². The standard InChI is InChI=1S/C22H30O7Si/c1-13(23)26-18-17(29-30(5,6)21(2,3)4)15-16(27-15)19-22(18,28-19)12-25-20(24)14-10-8-7-9-11-14/h7-11,15-19H,12H2,1-6H3/t15-,16+,17+,18-,19+,22-/m0/s1. The molecule has 1 aromatic rings. The lowest BCUT2D eigenvalue weighted by Gasteiger charge is -2.42. The maximum atomic E-state index is 12.5. The van der Waals surface area contributed by atoms with Gasteiger partial charge in [0.25, 0.3) is 0 Å². The zero-order chi connectivity index (χ0) is 21.9. The molecule has 2 heterocycles. The monoisotopic (exact) mass is 434 g/mol. The lowest BCUT2D eigenvalue weighted by atomic mass is 9.84. The number of carbonyl (C=O) groups is 2. The minimum Gasteiger partial charge on any atom is -0.459 e. The summed E-state index contributed by atoms with van der Waals surface area (Å²) in [5.74, 6) is -0.868. The van der Waals surface area contributed by atoms with Crippen LogP contribution < -0.4 is 0 Å². The number of carbonyl (C=O) groups excluding carboxylic acids is 2. The van der Waals surface area contributed by atoms with Crippen molar-refractivity contribution in [1.82, 2.24) is 0 Å². The van der Waals surface area contributed by atoms with Crippen molar-refractivity contribution < 1.29 is 33.0 Å². The van der Waals surface area contributed by atoms with E-state index in [-0.39, 0.29) is 30.0 Å². The summed E-state index contributed by atoms with van der Waals surface area (Å²) in [7, 11) is -2.18. The van der Waals surface area contributed by atoms with Gasteiger partial charge in [0.05, 0.1) is 5.56 Å². The Morgan fingerprint density at radius 3 is 2.40 bits per heavy atom. The zero-order valence-corrected chi connectivity index (χ0v) is 19.3. The summed E-state index contributed by atoms with van der Waals surface area (Å²) in [6.07, 6.45) is -1.71. The Morgan fingerprint density at radius 2 is 1.80 bits per heavy atom. The molecule has 0 radical (unpaired) electrons. The van der Waals surface area contributed by atoms with E-state index in [2.05, 4.69) is 33.9 Å². The molecule has 164 valence electrons. The molecule has 8 heteroatoms. The number of hydrogen-bond donors (Lipinski definition) is 0. The van der Waals surface area contributed by atoms with E-state index in [1.807, 2.05) is 6.07 Å². The van der Waals surface area contributed by atoms with Crippen LogP contribution in [0.4, 0.5) is 0 Å². The molecule has 0 N–H and O–H groups in total. The van der Waals surface area contributed by atoms with Crippen molar-refractivity contribution in [2.24, 2.45) is 0 Å². The maximum Gasteiger partial charge on any atom is 0.338 e. The van der Waals surface area contributed by atoms with E-state index in [1.54, 1.807) is 24.3 Å². The van der Waals surface area contributed by atoms with Crippen LogP contribution in [0.2, 0.25) is 18.1 Å². The van der Waals surface area contributed by atoms with Gasteiger partial charge in [0.15, 0.2) is 20.0 Å². The second-order valence-electron chi connectivity index (χ2n) is 9.87. The Balaban J connectivity index is 1.55. The summed E-state index contributed by atoms with van der Waals surface area (Å²) < 4.78 is 29.8. The SMILES string of the molecule is CC(=O)O[C@H]1[C@H](O[Si](C)(C)C(C)(C)C)[C@H]2O[C@H]2[C@H]2O[C@]21COC(=O)c1ccccc1. The molecular weight excluding hydrogens is 404 g/mol. The van der Waals surface area contributed by atoms with Gasteiger partial charge >= 0.3 is 11.9 Å². The van der Waals surface area contributed by atoms with E-state index in [0.29, 0.717) is 5.56 Å². The van der Waals surface area contributed by atoms with Gasteiger partial charge in [0, 0.05) is 6.92 Å². The van der Waals surface area contributed by atoms with Crippen LogP contribution in [0.15, 0.2) is 30.3 Å². The van der Waals surface area contributed by atoms with Gasteiger partial charge in [-0.25, -0.2) is 4.79 Å². The number of esters is 2. The third-order valence-corrected chi connectivity index (χ3v) is 11.2. The summed E-state index contributed by atoms with van der Waals surface area (Å²) in [6.45, 7) is 12.1. The molecule has 3 aliphatic rings. The quantitative estimate of drug-likeness (QED) is 0.386. The first-order valence-electron chi connectivity index (χ1n) is 10.4. The van der Waals surface area contributed by atoms with Crippen LogP contribution in [0, 0.1) is 0 Å². The highest BCUT2D eigenvalue weighted by Crippen LogP contribution is 2.58. The van der Waals surface area contributed by atoms with E-state index in [4.69, 9.17) is 23.4 Å². The molecule has 0 bridgehead atoms. The van der Waals surface area contributed by atoms with Gasteiger partial charge in [-0.05, 0) is 30.3 Å². The number of ether oxygens (including phenoxy) is 4. The van der Waals surface area contributed by atoms with E-state index in [1.165, 1.54) is 6.92 Å². The van der Waals surface area contributed by atoms with Crippen LogP contribution in [0.3, 0.4) is 0 Å². The van der Waals surface area contributed by atoms with Crippen molar-refractivity contribution in [2.75, 3.05) is 6.61 Å². The number of benzene rings is 1. The Hall–Kier alpha value is -1.74. The first-order valence-corrected chi connectivity index (χ1v) is 13.3. The normalized spacial score (nSPS) is 34.4. The summed E-state index contributed by atoms with van der Waals surface area (Å²) in [5.41, 5.74) is -0.471. The average molecular weight is 435 g/mol. The van der Waals surface area contributed by atoms with Gasteiger partial charge < -0.3 is 23.4 Å². The highest BCUT2D eigenvalue weighted by Gasteiger charge is 2.80. The van der Waals surface area contributed by atoms with E-state index >= 15 is 0 Å². The molecule has 0 spiro atoms. The van der Waals surface area contributed by atoms with Crippen LogP contribution in [0.25, 0.3) is 0 Å². The van der Waals surface area contributed by atoms with Gasteiger partial charge in [0.2, 0.25) is 0 Å². The number of epoxide rings is 2. The van der Waals surface area contributed by atoms with Crippen LogP contribution in [0.5, 0.6) is 0 Å². The lowest BCUT2D eigenvalue weighted by Crippen LogP contribution is -2.58. The summed E-state index contributed by atoms with van der Waals surface area (Å²) >= 11 is 0. The van der Waals surface area contributed by atoms with Crippen molar-refractivity contribution in [3.05, 3.63) is 35.9 Å². The fourth-order valence-corrected chi connectivity index (χ4v) is 5.19. The first kappa shape index (κ1) is 21.5. The first-order chi connectivity index (χ1) is 14.0. The number of rotatable bonds is 6. The van der Waals surface area contributed by atoms with Crippen molar-refractivity contribution in [1.29, 1.82) is 0 Å². The fourth-order valence-electron chi connectivity index (χ4n) is 3.90. The average Bonchev–Trinajstić information content (AvgIpc) is 3.55.